The van der Waals surface area contributed by atoms with E-state index in [0.717, 1.165) is 29.8 Å². The van der Waals surface area contributed by atoms with Crippen LogP contribution >= 0.6 is 0 Å². The van der Waals surface area contributed by atoms with Crippen LogP contribution in [-0.4, -0.2) is 40.8 Å². The molecule has 1 aromatic rings. The number of rotatable bonds is 4. The summed E-state index contributed by atoms with van der Waals surface area (Å²) in [4.78, 5) is 10.9. The number of carbonyl (C=O) groups is 1. The number of sulfone groups is 1. The molecule has 0 aliphatic heterocycles. The van der Waals surface area contributed by atoms with Gasteiger partial charge in [0, 0.05) is 17.5 Å². The van der Waals surface area contributed by atoms with Crippen LogP contribution in [-0.2, 0) is 21.1 Å². The second-order valence-corrected chi connectivity index (χ2v) is 8.26. The van der Waals surface area contributed by atoms with Gasteiger partial charge < -0.3 is 5.11 Å². The van der Waals surface area contributed by atoms with Gasteiger partial charge in [-0.25, -0.2) is 8.42 Å². The summed E-state index contributed by atoms with van der Waals surface area (Å²) in [7, 11) is -3.04. The van der Waals surface area contributed by atoms with Crippen LogP contribution in [0.2, 0.25) is 0 Å². The van der Waals surface area contributed by atoms with Crippen molar-refractivity contribution in [2.24, 2.45) is 0 Å². The van der Waals surface area contributed by atoms with Crippen molar-refractivity contribution >= 4 is 15.8 Å². The highest BCUT2D eigenvalue weighted by molar-refractivity contribution is 7.91. The van der Waals surface area contributed by atoms with Gasteiger partial charge in [-0.3, -0.25) is 9.48 Å². The standard InChI is InChI=1S/C14H22N2O4S/c1-9-13(8-14(17)18)10(2)16(15-9)11-5-4-6-12(7-11)21(3,19)20/h11-12H,4-8H2,1-3H3,(H,17,18). The smallest absolute Gasteiger partial charge is 0.307 e. The van der Waals surface area contributed by atoms with Crippen LogP contribution in [0.25, 0.3) is 0 Å². The number of aromatic nitrogens is 2. The number of carboxylic acid groups (broad SMARTS) is 1. The minimum absolute atomic E-state index is 0.0414. The Bertz CT molecular complexity index is 648. The van der Waals surface area contributed by atoms with Crippen LogP contribution in [0, 0.1) is 13.8 Å². The Labute approximate surface area is 125 Å². The number of aliphatic carboxylic acids is 1. The maximum Gasteiger partial charge on any atom is 0.307 e. The van der Waals surface area contributed by atoms with Gasteiger partial charge in [-0.15, -0.1) is 0 Å². The highest BCUT2D eigenvalue weighted by Crippen LogP contribution is 2.33. The van der Waals surface area contributed by atoms with Crippen LogP contribution in [0.15, 0.2) is 0 Å². The summed E-state index contributed by atoms with van der Waals surface area (Å²) in [6.45, 7) is 3.67. The fraction of sp³-hybridized carbons (Fsp3) is 0.714. The van der Waals surface area contributed by atoms with Gasteiger partial charge >= 0.3 is 5.97 Å². The predicted molar refractivity (Wildman–Crippen MR) is 79.2 cm³/mol. The molecule has 1 aromatic heterocycles. The molecule has 0 saturated heterocycles. The minimum Gasteiger partial charge on any atom is -0.481 e. The average Bonchev–Trinajstić information content (AvgIpc) is 2.65. The van der Waals surface area contributed by atoms with E-state index >= 15 is 0 Å². The van der Waals surface area contributed by atoms with Gasteiger partial charge in [-0.1, -0.05) is 6.42 Å². The monoisotopic (exact) mass is 314 g/mol. The Balaban J connectivity index is 2.28. The van der Waals surface area contributed by atoms with Crippen molar-refractivity contribution < 1.29 is 18.3 Å². The van der Waals surface area contributed by atoms with Gasteiger partial charge in [0.15, 0.2) is 0 Å². The molecule has 0 bridgehead atoms. The molecule has 1 aliphatic rings. The van der Waals surface area contributed by atoms with Gasteiger partial charge in [0.05, 0.1) is 23.4 Å². The van der Waals surface area contributed by atoms with Crippen LogP contribution in [0.4, 0.5) is 0 Å². The van der Waals surface area contributed by atoms with Gasteiger partial charge in [-0.05, 0) is 33.1 Å². The zero-order chi connectivity index (χ0) is 15.8. The van der Waals surface area contributed by atoms with Crippen LogP contribution in [0.3, 0.4) is 0 Å². The van der Waals surface area contributed by atoms with Crippen molar-refractivity contribution in [1.82, 2.24) is 9.78 Å². The maximum atomic E-state index is 11.8. The molecule has 2 rings (SSSR count). The van der Waals surface area contributed by atoms with E-state index in [1.165, 1.54) is 6.26 Å². The number of hydrogen-bond donors (Lipinski definition) is 1. The Kier molecular flexibility index (Phi) is 4.41. The van der Waals surface area contributed by atoms with E-state index in [9.17, 15) is 13.2 Å². The Hall–Kier alpha value is -1.37. The highest BCUT2D eigenvalue weighted by Gasteiger charge is 2.31. The highest BCUT2D eigenvalue weighted by atomic mass is 32.2. The molecule has 2 unspecified atom stereocenters. The maximum absolute atomic E-state index is 11.8. The molecule has 1 heterocycles. The van der Waals surface area contributed by atoms with Crippen molar-refractivity contribution in [3.05, 3.63) is 17.0 Å². The van der Waals surface area contributed by atoms with Crippen molar-refractivity contribution in [3.8, 4) is 0 Å². The molecule has 0 radical (unpaired) electrons. The molecule has 1 saturated carbocycles. The van der Waals surface area contributed by atoms with E-state index < -0.39 is 15.8 Å². The second-order valence-electron chi connectivity index (χ2n) is 5.94. The summed E-state index contributed by atoms with van der Waals surface area (Å²) in [5.41, 5.74) is 2.30. The first-order valence-corrected chi connectivity index (χ1v) is 9.11. The predicted octanol–water partition coefficient (Wildman–Crippen LogP) is 1.66. The quantitative estimate of drug-likeness (QED) is 0.913. The topological polar surface area (TPSA) is 89.3 Å². The second kappa shape index (κ2) is 5.79. The average molecular weight is 314 g/mol. The molecular weight excluding hydrogens is 292 g/mol. The van der Waals surface area contributed by atoms with Gasteiger partial charge in [0.1, 0.15) is 9.84 Å². The zero-order valence-corrected chi connectivity index (χ0v) is 13.5. The number of hydrogen-bond acceptors (Lipinski definition) is 4. The fourth-order valence-electron chi connectivity index (χ4n) is 3.19. The minimum atomic E-state index is -3.04. The largest absolute Gasteiger partial charge is 0.481 e. The lowest BCUT2D eigenvalue weighted by molar-refractivity contribution is -0.136. The zero-order valence-electron chi connectivity index (χ0n) is 12.7. The molecule has 0 amide bonds. The molecule has 2 atom stereocenters. The normalized spacial score (nSPS) is 23.2. The van der Waals surface area contributed by atoms with E-state index in [1.807, 2.05) is 11.6 Å². The van der Waals surface area contributed by atoms with E-state index in [2.05, 4.69) is 5.10 Å². The van der Waals surface area contributed by atoms with E-state index in [4.69, 9.17) is 5.11 Å². The van der Waals surface area contributed by atoms with Gasteiger partial charge in [-0.2, -0.15) is 5.10 Å². The number of carboxylic acids is 1. The fourth-order valence-corrected chi connectivity index (χ4v) is 4.36. The Morgan fingerprint density at radius 1 is 1.38 bits per heavy atom. The van der Waals surface area contributed by atoms with Crippen molar-refractivity contribution in [3.63, 3.8) is 0 Å². The third kappa shape index (κ3) is 3.45. The molecule has 0 aromatic carbocycles. The molecule has 6 nitrogen and oxygen atoms in total. The van der Waals surface area contributed by atoms with E-state index in [0.29, 0.717) is 12.8 Å². The van der Waals surface area contributed by atoms with Crippen molar-refractivity contribution in [1.29, 1.82) is 0 Å². The number of nitrogens with zero attached hydrogens (tertiary/aromatic N) is 2. The van der Waals surface area contributed by atoms with E-state index in [-0.39, 0.29) is 17.7 Å². The number of aryl methyl sites for hydroxylation is 1. The summed E-state index contributed by atoms with van der Waals surface area (Å²) in [5.74, 6) is -0.876. The molecular formula is C14H22N2O4S. The molecule has 21 heavy (non-hydrogen) atoms. The molecule has 118 valence electrons. The molecule has 0 spiro atoms. The summed E-state index contributed by atoms with van der Waals surface area (Å²) in [5, 5.41) is 13.1. The molecule has 1 fully saturated rings. The lowest BCUT2D eigenvalue weighted by atomic mass is 9.95. The first-order valence-electron chi connectivity index (χ1n) is 7.15. The summed E-state index contributed by atoms with van der Waals surface area (Å²) < 4.78 is 25.4. The molecule has 7 heteroatoms. The summed E-state index contributed by atoms with van der Waals surface area (Å²) >= 11 is 0. The molecule has 1 N–H and O–H groups in total. The first-order chi connectivity index (χ1) is 9.70. The van der Waals surface area contributed by atoms with Crippen LogP contribution in [0.1, 0.15) is 48.7 Å². The van der Waals surface area contributed by atoms with Gasteiger partial charge in [0.2, 0.25) is 0 Å². The van der Waals surface area contributed by atoms with Crippen molar-refractivity contribution in [2.75, 3.05) is 6.26 Å². The third-order valence-corrected chi connectivity index (χ3v) is 5.99. The van der Waals surface area contributed by atoms with Crippen LogP contribution < -0.4 is 0 Å². The van der Waals surface area contributed by atoms with E-state index in [1.54, 1.807) is 6.92 Å². The van der Waals surface area contributed by atoms with Crippen LogP contribution in [0.5, 0.6) is 0 Å². The van der Waals surface area contributed by atoms with Crippen molar-refractivity contribution in [2.45, 2.75) is 57.2 Å². The SMILES string of the molecule is Cc1nn(C2CCCC(S(C)(=O)=O)C2)c(C)c1CC(=O)O. The lowest BCUT2D eigenvalue weighted by Crippen LogP contribution is -2.29. The Morgan fingerprint density at radius 3 is 2.62 bits per heavy atom. The van der Waals surface area contributed by atoms with Gasteiger partial charge in [0.25, 0.3) is 0 Å². The Morgan fingerprint density at radius 2 is 2.05 bits per heavy atom. The lowest BCUT2D eigenvalue weighted by Gasteiger charge is -2.29. The first kappa shape index (κ1) is 16.0. The summed E-state index contributed by atoms with van der Waals surface area (Å²) in [6, 6.07) is 0.0414. The summed E-state index contributed by atoms with van der Waals surface area (Å²) in [6.07, 6.45) is 4.26. The third-order valence-electron chi connectivity index (χ3n) is 4.35. The molecule has 1 aliphatic carbocycles.